The molecule has 1 aliphatic heterocycles. The molecule has 0 radical (unpaired) electrons. The number of nitrogens with zero attached hydrogens (tertiary/aromatic N) is 2. The topological polar surface area (TPSA) is 62.3 Å². The van der Waals surface area contributed by atoms with Gasteiger partial charge in [-0.1, -0.05) is 6.92 Å². The average molecular weight is 338 g/mol. The Morgan fingerprint density at radius 1 is 1.35 bits per heavy atom. The van der Waals surface area contributed by atoms with E-state index in [1.807, 2.05) is 23.7 Å². The number of rotatable bonds is 2. The van der Waals surface area contributed by atoms with Gasteiger partial charge in [0.05, 0.1) is 4.47 Å². The standard InChI is InChI=1S/C14H16BrN3O2/c1-3-11-17-12(14(16)18(11)2)8-6-9(15)13-10(7-8)19-4-5-20-13/h6-7H,3-5,16H2,1-2H3. The maximum atomic E-state index is 6.15. The van der Waals surface area contributed by atoms with Crippen LogP contribution >= 0.6 is 15.9 Å². The highest BCUT2D eigenvalue weighted by Crippen LogP contribution is 2.42. The first-order chi connectivity index (χ1) is 9.61. The molecule has 1 aromatic carbocycles. The fourth-order valence-corrected chi connectivity index (χ4v) is 2.89. The van der Waals surface area contributed by atoms with E-state index in [0.29, 0.717) is 19.0 Å². The third-order valence-corrected chi connectivity index (χ3v) is 4.01. The zero-order valence-electron chi connectivity index (χ0n) is 11.4. The molecule has 2 heterocycles. The number of benzene rings is 1. The first kappa shape index (κ1) is 13.3. The van der Waals surface area contributed by atoms with Crippen LogP contribution in [0.2, 0.25) is 0 Å². The summed E-state index contributed by atoms with van der Waals surface area (Å²) < 4.78 is 14.0. The maximum Gasteiger partial charge on any atom is 0.175 e. The summed E-state index contributed by atoms with van der Waals surface area (Å²) in [6.45, 7) is 3.18. The highest BCUT2D eigenvalue weighted by atomic mass is 79.9. The Morgan fingerprint density at radius 2 is 2.10 bits per heavy atom. The van der Waals surface area contributed by atoms with Crippen LogP contribution in [-0.2, 0) is 13.5 Å². The minimum Gasteiger partial charge on any atom is -0.486 e. The fraction of sp³-hybridized carbons (Fsp3) is 0.357. The molecule has 0 bridgehead atoms. The predicted molar refractivity (Wildman–Crippen MR) is 81.1 cm³/mol. The van der Waals surface area contributed by atoms with Gasteiger partial charge in [0.1, 0.15) is 30.5 Å². The van der Waals surface area contributed by atoms with Crippen molar-refractivity contribution in [1.29, 1.82) is 0 Å². The van der Waals surface area contributed by atoms with Crippen LogP contribution in [0.15, 0.2) is 16.6 Å². The number of ether oxygens (including phenoxy) is 2. The molecule has 1 aromatic heterocycles. The summed E-state index contributed by atoms with van der Waals surface area (Å²) >= 11 is 3.52. The number of hydrogen-bond acceptors (Lipinski definition) is 4. The molecule has 0 saturated heterocycles. The van der Waals surface area contributed by atoms with Crippen LogP contribution < -0.4 is 15.2 Å². The Labute approximate surface area is 125 Å². The van der Waals surface area contributed by atoms with Crippen molar-refractivity contribution in [2.24, 2.45) is 7.05 Å². The summed E-state index contributed by atoms with van der Waals surface area (Å²) in [5.74, 6) is 3.09. The van der Waals surface area contributed by atoms with Crippen LogP contribution in [0, 0.1) is 0 Å². The number of imidazole rings is 1. The van der Waals surface area contributed by atoms with Gasteiger partial charge in [0.15, 0.2) is 11.5 Å². The lowest BCUT2D eigenvalue weighted by molar-refractivity contribution is 0.170. The molecular formula is C14H16BrN3O2. The normalized spacial score (nSPS) is 13.6. The summed E-state index contributed by atoms with van der Waals surface area (Å²) in [5.41, 5.74) is 7.85. The van der Waals surface area contributed by atoms with E-state index in [9.17, 15) is 0 Å². The number of aryl methyl sites for hydroxylation is 1. The fourth-order valence-electron chi connectivity index (χ4n) is 2.34. The van der Waals surface area contributed by atoms with Gasteiger partial charge in [-0.2, -0.15) is 0 Å². The third-order valence-electron chi connectivity index (χ3n) is 3.42. The van der Waals surface area contributed by atoms with Crippen molar-refractivity contribution in [3.05, 3.63) is 22.4 Å². The van der Waals surface area contributed by atoms with Crippen molar-refractivity contribution in [2.75, 3.05) is 18.9 Å². The lowest BCUT2D eigenvalue weighted by Gasteiger charge is -2.20. The first-order valence-electron chi connectivity index (χ1n) is 6.52. The van der Waals surface area contributed by atoms with Gasteiger partial charge in [0.2, 0.25) is 0 Å². The molecule has 0 atom stereocenters. The molecule has 0 fully saturated rings. The molecule has 2 N–H and O–H groups in total. The number of nitrogen functional groups attached to an aromatic ring is 1. The van der Waals surface area contributed by atoms with Crippen LogP contribution in [0.3, 0.4) is 0 Å². The molecule has 0 spiro atoms. The highest BCUT2D eigenvalue weighted by Gasteiger charge is 2.20. The van der Waals surface area contributed by atoms with Gasteiger partial charge in [0, 0.05) is 19.0 Å². The second kappa shape index (κ2) is 5.01. The lowest BCUT2D eigenvalue weighted by atomic mass is 10.1. The van der Waals surface area contributed by atoms with Crippen LogP contribution in [0.5, 0.6) is 11.5 Å². The Morgan fingerprint density at radius 3 is 2.80 bits per heavy atom. The van der Waals surface area contributed by atoms with E-state index in [1.54, 1.807) is 0 Å². The minimum absolute atomic E-state index is 0.556. The Hall–Kier alpha value is -1.69. The number of hydrogen-bond donors (Lipinski definition) is 1. The summed E-state index contributed by atoms with van der Waals surface area (Å²) in [6, 6.07) is 3.89. The van der Waals surface area contributed by atoms with Gasteiger partial charge in [-0.25, -0.2) is 4.98 Å². The minimum atomic E-state index is 0.556. The van der Waals surface area contributed by atoms with E-state index in [1.165, 1.54) is 0 Å². The smallest absolute Gasteiger partial charge is 0.175 e. The first-order valence-corrected chi connectivity index (χ1v) is 7.31. The monoisotopic (exact) mass is 337 g/mol. The lowest BCUT2D eigenvalue weighted by Crippen LogP contribution is -2.15. The molecule has 0 amide bonds. The van der Waals surface area contributed by atoms with E-state index in [-0.39, 0.29) is 0 Å². The Kier molecular flexibility index (Phi) is 3.33. The Balaban J connectivity index is 2.13. The number of fused-ring (bicyclic) bond motifs is 1. The molecule has 0 unspecified atom stereocenters. The summed E-state index contributed by atoms with van der Waals surface area (Å²) in [6.07, 6.45) is 0.840. The molecule has 20 heavy (non-hydrogen) atoms. The summed E-state index contributed by atoms with van der Waals surface area (Å²) in [5, 5.41) is 0. The van der Waals surface area contributed by atoms with E-state index in [4.69, 9.17) is 15.2 Å². The SMILES string of the molecule is CCc1nc(-c2cc(Br)c3c(c2)OCCO3)c(N)n1C. The van der Waals surface area contributed by atoms with Crippen molar-refractivity contribution in [3.8, 4) is 22.8 Å². The number of anilines is 1. The maximum absolute atomic E-state index is 6.15. The van der Waals surface area contributed by atoms with Crippen molar-refractivity contribution in [2.45, 2.75) is 13.3 Å². The number of halogens is 1. The van der Waals surface area contributed by atoms with Gasteiger partial charge in [0.25, 0.3) is 0 Å². The summed E-state index contributed by atoms with van der Waals surface area (Å²) in [7, 11) is 1.93. The molecule has 5 nitrogen and oxygen atoms in total. The van der Waals surface area contributed by atoms with E-state index < -0.39 is 0 Å². The zero-order valence-corrected chi connectivity index (χ0v) is 13.0. The highest BCUT2D eigenvalue weighted by molar-refractivity contribution is 9.10. The number of nitrogens with two attached hydrogens (primary N) is 1. The van der Waals surface area contributed by atoms with E-state index in [0.717, 1.165) is 39.5 Å². The van der Waals surface area contributed by atoms with Crippen LogP contribution in [0.4, 0.5) is 5.82 Å². The molecule has 0 aliphatic carbocycles. The van der Waals surface area contributed by atoms with E-state index >= 15 is 0 Å². The largest absolute Gasteiger partial charge is 0.486 e. The van der Waals surface area contributed by atoms with Crippen LogP contribution in [0.25, 0.3) is 11.3 Å². The van der Waals surface area contributed by atoms with Crippen LogP contribution in [-0.4, -0.2) is 22.8 Å². The summed E-state index contributed by atoms with van der Waals surface area (Å²) in [4.78, 5) is 4.61. The molecule has 3 rings (SSSR count). The second-order valence-electron chi connectivity index (χ2n) is 4.66. The van der Waals surface area contributed by atoms with Gasteiger partial charge >= 0.3 is 0 Å². The number of aromatic nitrogens is 2. The second-order valence-corrected chi connectivity index (χ2v) is 5.51. The Bertz CT molecular complexity index is 667. The third kappa shape index (κ3) is 2.04. The molecule has 106 valence electrons. The molecular weight excluding hydrogens is 322 g/mol. The van der Waals surface area contributed by atoms with Crippen LogP contribution in [0.1, 0.15) is 12.7 Å². The van der Waals surface area contributed by atoms with E-state index in [2.05, 4.69) is 27.8 Å². The van der Waals surface area contributed by atoms with Gasteiger partial charge in [-0.3, -0.25) is 0 Å². The molecule has 2 aromatic rings. The molecule has 1 aliphatic rings. The van der Waals surface area contributed by atoms with Crippen molar-refractivity contribution in [1.82, 2.24) is 9.55 Å². The quantitative estimate of drug-likeness (QED) is 0.915. The van der Waals surface area contributed by atoms with Gasteiger partial charge < -0.3 is 19.8 Å². The average Bonchev–Trinajstić information content (AvgIpc) is 2.75. The van der Waals surface area contributed by atoms with Crippen molar-refractivity contribution in [3.63, 3.8) is 0 Å². The van der Waals surface area contributed by atoms with Gasteiger partial charge in [-0.05, 0) is 28.1 Å². The van der Waals surface area contributed by atoms with Gasteiger partial charge in [-0.15, -0.1) is 0 Å². The van der Waals surface area contributed by atoms with Crippen molar-refractivity contribution < 1.29 is 9.47 Å². The molecule has 6 heteroatoms. The van der Waals surface area contributed by atoms with Crippen molar-refractivity contribution >= 4 is 21.7 Å². The predicted octanol–water partition coefficient (Wildman–Crippen LogP) is 2.77. The molecule has 0 saturated carbocycles. The zero-order chi connectivity index (χ0) is 14.3.